The lowest BCUT2D eigenvalue weighted by atomic mass is 9.97. The zero-order chi connectivity index (χ0) is 26.6. The minimum Gasteiger partial charge on any atom is -0.465 e. The molecule has 2 fully saturated rings. The Morgan fingerprint density at radius 3 is 2.35 bits per heavy atom. The Morgan fingerprint density at radius 2 is 1.70 bits per heavy atom. The molecule has 0 aliphatic carbocycles. The van der Waals surface area contributed by atoms with E-state index in [1.807, 2.05) is 30.3 Å². The maximum absolute atomic E-state index is 13.5. The lowest BCUT2D eigenvalue weighted by Crippen LogP contribution is -2.60. The first kappa shape index (κ1) is 26.8. The van der Waals surface area contributed by atoms with Crippen molar-refractivity contribution in [2.75, 3.05) is 33.4 Å². The van der Waals surface area contributed by atoms with Crippen LogP contribution in [-0.4, -0.2) is 80.5 Å². The number of carbonyl (C=O) groups is 3. The van der Waals surface area contributed by atoms with Crippen LogP contribution in [0.2, 0.25) is 0 Å². The second-order valence-corrected chi connectivity index (χ2v) is 10.9. The van der Waals surface area contributed by atoms with Gasteiger partial charge in [0, 0.05) is 13.1 Å². The zero-order valence-electron chi connectivity index (χ0n) is 20.9. The van der Waals surface area contributed by atoms with Crippen LogP contribution in [-0.2, 0) is 35.5 Å². The number of carbonyl (C=O) groups excluding carboxylic acids is 3. The molecule has 2 aliphatic heterocycles. The first-order valence-corrected chi connectivity index (χ1v) is 13.6. The molecule has 37 heavy (non-hydrogen) atoms. The maximum atomic E-state index is 13.5. The Labute approximate surface area is 216 Å². The highest BCUT2D eigenvalue weighted by atomic mass is 32.2. The van der Waals surface area contributed by atoms with Gasteiger partial charge in [0.1, 0.15) is 6.54 Å². The average molecular weight is 530 g/mol. The lowest BCUT2D eigenvalue weighted by Gasteiger charge is -2.43. The number of nitrogens with zero attached hydrogens (tertiary/aromatic N) is 2. The van der Waals surface area contributed by atoms with Crippen molar-refractivity contribution in [3.63, 3.8) is 0 Å². The molecule has 1 atom stereocenters. The van der Waals surface area contributed by atoms with E-state index >= 15 is 0 Å². The molecule has 0 bridgehead atoms. The van der Waals surface area contributed by atoms with Crippen molar-refractivity contribution in [3.8, 4) is 0 Å². The third-order valence-electron chi connectivity index (χ3n) is 6.86. The molecule has 4 rings (SSSR count). The highest BCUT2D eigenvalue weighted by Gasteiger charge is 2.53. The summed E-state index contributed by atoms with van der Waals surface area (Å²) >= 11 is 0. The molecule has 1 unspecified atom stereocenters. The van der Waals surface area contributed by atoms with E-state index in [1.54, 1.807) is 19.1 Å². The van der Waals surface area contributed by atoms with E-state index in [9.17, 15) is 22.8 Å². The molecule has 1 amide bonds. The summed E-state index contributed by atoms with van der Waals surface area (Å²) in [5, 5.41) is 3.43. The van der Waals surface area contributed by atoms with Gasteiger partial charge >= 0.3 is 11.9 Å². The summed E-state index contributed by atoms with van der Waals surface area (Å²) < 4.78 is 38.2. The molecular weight excluding hydrogens is 498 g/mol. The molecule has 2 aromatic carbocycles. The van der Waals surface area contributed by atoms with Gasteiger partial charge in [0.25, 0.3) is 0 Å². The largest absolute Gasteiger partial charge is 0.465 e. The molecule has 0 radical (unpaired) electrons. The summed E-state index contributed by atoms with van der Waals surface area (Å²) in [7, 11) is -2.81. The predicted molar refractivity (Wildman–Crippen MR) is 134 cm³/mol. The molecule has 0 saturated carbocycles. The Balaban J connectivity index is 1.57. The number of amides is 1. The molecule has 11 heteroatoms. The second-order valence-electron chi connectivity index (χ2n) is 9.04. The van der Waals surface area contributed by atoms with E-state index in [1.165, 1.54) is 28.4 Å². The molecule has 2 aliphatic rings. The van der Waals surface area contributed by atoms with E-state index in [-0.39, 0.29) is 55.4 Å². The van der Waals surface area contributed by atoms with Gasteiger partial charge in [0.15, 0.2) is 0 Å². The minimum atomic E-state index is -4.01. The number of hydrogen-bond donors (Lipinski definition) is 1. The molecule has 10 nitrogen and oxygen atoms in total. The molecular formula is C26H31N3O7S. The number of hydrogen-bond acceptors (Lipinski definition) is 8. The molecule has 1 spiro atoms. The van der Waals surface area contributed by atoms with Gasteiger partial charge in [-0.2, -0.15) is 4.31 Å². The van der Waals surface area contributed by atoms with Gasteiger partial charge in [-0.15, -0.1) is 0 Å². The number of sulfonamides is 1. The van der Waals surface area contributed by atoms with Gasteiger partial charge in [-0.1, -0.05) is 42.5 Å². The molecule has 2 aromatic rings. The Bertz CT molecular complexity index is 1260. The number of esters is 2. The van der Waals surface area contributed by atoms with E-state index in [2.05, 4.69) is 5.32 Å². The van der Waals surface area contributed by atoms with Gasteiger partial charge in [-0.3, -0.25) is 14.9 Å². The fourth-order valence-electron chi connectivity index (χ4n) is 5.04. The lowest BCUT2D eigenvalue weighted by molar-refractivity contribution is -0.151. The normalized spacial score (nSPS) is 19.7. The van der Waals surface area contributed by atoms with Crippen molar-refractivity contribution in [1.29, 1.82) is 0 Å². The smallest absolute Gasteiger partial charge is 0.339 e. The summed E-state index contributed by atoms with van der Waals surface area (Å²) in [5.74, 6) is -1.47. The van der Waals surface area contributed by atoms with E-state index < -0.39 is 33.7 Å². The van der Waals surface area contributed by atoms with Gasteiger partial charge in [-0.25, -0.2) is 13.2 Å². The SMILES string of the molecule is CCOC(=O)CN1C(=O)C(Cc2ccccc2)NC12CCN(S(=O)(=O)c1ccccc1C(=O)OC)CC2. The quantitative estimate of drug-likeness (QED) is 0.512. The summed E-state index contributed by atoms with van der Waals surface area (Å²) in [6, 6.07) is 14.9. The number of benzene rings is 2. The average Bonchev–Trinajstić information content (AvgIpc) is 3.14. The van der Waals surface area contributed by atoms with Crippen LogP contribution in [0.15, 0.2) is 59.5 Å². The zero-order valence-corrected chi connectivity index (χ0v) is 21.7. The van der Waals surface area contributed by atoms with Crippen LogP contribution in [0.1, 0.15) is 35.7 Å². The number of methoxy groups -OCH3 is 1. The number of rotatable bonds is 8. The summed E-state index contributed by atoms with van der Waals surface area (Å²) in [6.07, 6.45) is 0.974. The Hall–Kier alpha value is -3.28. The van der Waals surface area contributed by atoms with E-state index in [0.717, 1.165) is 5.56 Å². The Kier molecular flexibility index (Phi) is 7.96. The van der Waals surface area contributed by atoms with Crippen LogP contribution >= 0.6 is 0 Å². The van der Waals surface area contributed by atoms with Crippen LogP contribution in [0.3, 0.4) is 0 Å². The molecule has 0 aromatic heterocycles. The topological polar surface area (TPSA) is 122 Å². The molecule has 2 saturated heterocycles. The van der Waals surface area contributed by atoms with Gasteiger partial charge < -0.3 is 14.4 Å². The fraction of sp³-hybridized carbons (Fsp3) is 0.423. The third kappa shape index (κ3) is 5.39. The standard InChI is InChI=1S/C26H31N3O7S/c1-3-36-23(30)18-29-24(31)21(17-19-9-5-4-6-10-19)27-26(29)13-15-28(16-14-26)37(33,34)22-12-8-7-11-20(22)25(32)35-2/h4-12,21,27H,3,13-18H2,1-2H3. The van der Waals surface area contributed by atoms with Crippen LogP contribution < -0.4 is 5.32 Å². The monoisotopic (exact) mass is 529 g/mol. The van der Waals surface area contributed by atoms with Crippen LogP contribution in [0.5, 0.6) is 0 Å². The fourth-order valence-corrected chi connectivity index (χ4v) is 6.66. The highest BCUT2D eigenvalue weighted by molar-refractivity contribution is 7.89. The van der Waals surface area contributed by atoms with Crippen molar-refractivity contribution in [2.24, 2.45) is 0 Å². The minimum absolute atomic E-state index is 0.0358. The third-order valence-corrected chi connectivity index (χ3v) is 8.82. The van der Waals surface area contributed by atoms with Crippen molar-refractivity contribution >= 4 is 27.9 Å². The van der Waals surface area contributed by atoms with Crippen molar-refractivity contribution < 1.29 is 32.3 Å². The van der Waals surface area contributed by atoms with Gasteiger partial charge in [-0.05, 0) is 43.9 Å². The summed E-state index contributed by atoms with van der Waals surface area (Å²) in [4.78, 5) is 39.4. The summed E-state index contributed by atoms with van der Waals surface area (Å²) in [6.45, 7) is 1.86. The molecule has 2 heterocycles. The maximum Gasteiger partial charge on any atom is 0.339 e. The number of ether oxygens (including phenoxy) is 2. The second kappa shape index (κ2) is 11.0. The summed E-state index contributed by atoms with van der Waals surface area (Å²) in [5.41, 5.74) is 0.0456. The van der Waals surface area contributed by atoms with Crippen LogP contribution in [0, 0.1) is 0 Å². The van der Waals surface area contributed by atoms with Crippen molar-refractivity contribution in [2.45, 2.75) is 42.8 Å². The Morgan fingerprint density at radius 1 is 1.05 bits per heavy atom. The number of nitrogens with one attached hydrogen (secondary N) is 1. The van der Waals surface area contributed by atoms with Crippen LogP contribution in [0.25, 0.3) is 0 Å². The first-order chi connectivity index (χ1) is 17.7. The van der Waals surface area contributed by atoms with Gasteiger partial charge in [0.2, 0.25) is 15.9 Å². The molecule has 198 valence electrons. The van der Waals surface area contributed by atoms with Crippen molar-refractivity contribution in [3.05, 3.63) is 65.7 Å². The highest BCUT2D eigenvalue weighted by Crippen LogP contribution is 2.35. The van der Waals surface area contributed by atoms with Gasteiger partial charge in [0.05, 0.1) is 35.9 Å². The number of piperidine rings is 1. The van der Waals surface area contributed by atoms with E-state index in [0.29, 0.717) is 6.42 Å². The van der Waals surface area contributed by atoms with Crippen molar-refractivity contribution in [1.82, 2.24) is 14.5 Å². The predicted octanol–water partition coefficient (Wildman–Crippen LogP) is 1.56. The molecule has 1 N–H and O–H groups in total. The first-order valence-electron chi connectivity index (χ1n) is 12.2. The van der Waals surface area contributed by atoms with Crippen LogP contribution in [0.4, 0.5) is 0 Å². The van der Waals surface area contributed by atoms with E-state index in [4.69, 9.17) is 9.47 Å².